The summed E-state index contributed by atoms with van der Waals surface area (Å²) < 4.78 is -0.582. The second kappa shape index (κ2) is 4.54. The summed E-state index contributed by atoms with van der Waals surface area (Å²) >= 11 is 9.15. The molecule has 15 heavy (non-hydrogen) atoms. The van der Waals surface area contributed by atoms with Crippen LogP contribution in [0.15, 0.2) is 18.2 Å². The van der Waals surface area contributed by atoms with Crippen LogP contribution in [-0.4, -0.2) is 10.2 Å². The molecule has 1 aromatic carbocycles. The third kappa shape index (κ3) is 3.50. The van der Waals surface area contributed by atoms with Gasteiger partial charge in [-0.05, 0) is 38.5 Å². The molecule has 1 aromatic rings. The van der Waals surface area contributed by atoms with Gasteiger partial charge < -0.3 is 5.32 Å². The number of hydrogen-bond donors (Lipinski definition) is 1. The second-order valence-corrected chi connectivity index (χ2v) is 6.30. The zero-order chi connectivity index (χ0) is 11.6. The molecule has 0 fully saturated rings. The molecule has 0 heterocycles. The van der Waals surface area contributed by atoms with E-state index in [1.54, 1.807) is 26.0 Å². The SMILES string of the molecule is Cc1ccc(Cl)cc1NC(=O)C(C)(C)Br. The quantitative estimate of drug-likeness (QED) is 0.826. The first kappa shape index (κ1) is 12.5. The Morgan fingerprint density at radius 1 is 1.47 bits per heavy atom. The molecule has 0 radical (unpaired) electrons. The third-order valence-corrected chi connectivity index (χ3v) is 2.58. The number of benzene rings is 1. The highest BCUT2D eigenvalue weighted by Gasteiger charge is 2.23. The molecule has 0 aliphatic heterocycles. The Bertz CT molecular complexity index is 385. The van der Waals surface area contributed by atoms with Gasteiger partial charge in [-0.25, -0.2) is 0 Å². The Morgan fingerprint density at radius 2 is 2.07 bits per heavy atom. The monoisotopic (exact) mass is 289 g/mol. The summed E-state index contributed by atoms with van der Waals surface area (Å²) in [6.07, 6.45) is 0. The molecule has 1 rings (SSSR count). The predicted octanol–water partition coefficient (Wildman–Crippen LogP) is 3.76. The van der Waals surface area contributed by atoms with Crippen molar-refractivity contribution in [3.05, 3.63) is 28.8 Å². The summed E-state index contributed by atoms with van der Waals surface area (Å²) in [5.41, 5.74) is 1.74. The van der Waals surface area contributed by atoms with Crippen LogP contribution in [0.2, 0.25) is 5.02 Å². The molecule has 1 amide bonds. The van der Waals surface area contributed by atoms with Crippen molar-refractivity contribution in [2.45, 2.75) is 25.1 Å². The lowest BCUT2D eigenvalue weighted by Crippen LogP contribution is -2.31. The molecule has 0 aromatic heterocycles. The van der Waals surface area contributed by atoms with E-state index in [2.05, 4.69) is 21.2 Å². The maximum atomic E-state index is 11.7. The van der Waals surface area contributed by atoms with Gasteiger partial charge in [0.1, 0.15) is 0 Å². The molecule has 0 saturated carbocycles. The van der Waals surface area contributed by atoms with E-state index in [-0.39, 0.29) is 5.91 Å². The van der Waals surface area contributed by atoms with Crippen molar-refractivity contribution in [3.63, 3.8) is 0 Å². The molecule has 0 aliphatic carbocycles. The van der Waals surface area contributed by atoms with E-state index >= 15 is 0 Å². The number of carbonyl (C=O) groups excluding carboxylic acids is 1. The van der Waals surface area contributed by atoms with Crippen molar-refractivity contribution >= 4 is 39.1 Å². The lowest BCUT2D eigenvalue weighted by molar-refractivity contribution is -0.117. The summed E-state index contributed by atoms with van der Waals surface area (Å²) in [5.74, 6) is -0.0899. The molecular weight excluding hydrogens is 277 g/mol. The van der Waals surface area contributed by atoms with Crippen molar-refractivity contribution in [3.8, 4) is 0 Å². The zero-order valence-corrected chi connectivity index (χ0v) is 11.2. The number of nitrogens with one attached hydrogen (secondary N) is 1. The molecule has 4 heteroatoms. The molecule has 0 spiro atoms. The minimum absolute atomic E-state index is 0.0899. The van der Waals surface area contributed by atoms with Gasteiger partial charge in [-0.15, -0.1) is 0 Å². The van der Waals surface area contributed by atoms with E-state index in [1.165, 1.54) is 0 Å². The van der Waals surface area contributed by atoms with Crippen LogP contribution in [0, 0.1) is 6.92 Å². The van der Waals surface area contributed by atoms with Gasteiger partial charge >= 0.3 is 0 Å². The molecule has 0 bridgehead atoms. The number of carbonyl (C=O) groups is 1. The van der Waals surface area contributed by atoms with Crippen LogP contribution in [0.4, 0.5) is 5.69 Å². The highest BCUT2D eigenvalue weighted by Crippen LogP contribution is 2.23. The Kier molecular flexibility index (Phi) is 3.79. The zero-order valence-electron chi connectivity index (χ0n) is 8.90. The van der Waals surface area contributed by atoms with Gasteiger partial charge in [0.15, 0.2) is 0 Å². The minimum atomic E-state index is -0.582. The highest BCUT2D eigenvalue weighted by atomic mass is 79.9. The fraction of sp³-hybridized carbons (Fsp3) is 0.364. The average molecular weight is 291 g/mol. The number of anilines is 1. The fourth-order valence-corrected chi connectivity index (χ4v) is 1.27. The summed E-state index contributed by atoms with van der Waals surface area (Å²) in [4.78, 5) is 11.7. The molecule has 1 N–H and O–H groups in total. The molecule has 0 atom stereocenters. The Labute approximate surface area is 103 Å². The standard InChI is InChI=1S/C11H13BrClNO/c1-7-4-5-8(13)6-9(7)14-10(15)11(2,3)12/h4-6H,1-3H3,(H,14,15). The molecule has 0 saturated heterocycles. The smallest absolute Gasteiger partial charge is 0.240 e. The van der Waals surface area contributed by atoms with Crippen LogP contribution in [0.3, 0.4) is 0 Å². The summed E-state index contributed by atoms with van der Waals surface area (Å²) in [6.45, 7) is 5.51. The van der Waals surface area contributed by atoms with Gasteiger partial charge in [0.25, 0.3) is 0 Å². The van der Waals surface area contributed by atoms with E-state index in [9.17, 15) is 4.79 Å². The summed E-state index contributed by atoms with van der Waals surface area (Å²) in [5, 5.41) is 3.43. The molecule has 0 aliphatic rings. The average Bonchev–Trinajstić information content (AvgIpc) is 2.09. The first-order chi connectivity index (χ1) is 6.80. The number of amides is 1. The van der Waals surface area contributed by atoms with E-state index in [4.69, 9.17) is 11.6 Å². The minimum Gasteiger partial charge on any atom is -0.325 e. The number of alkyl halides is 1. The highest BCUT2D eigenvalue weighted by molar-refractivity contribution is 9.10. The van der Waals surface area contributed by atoms with Gasteiger partial charge in [0.2, 0.25) is 5.91 Å². The van der Waals surface area contributed by atoms with E-state index in [0.717, 1.165) is 11.3 Å². The maximum Gasteiger partial charge on any atom is 0.240 e. The van der Waals surface area contributed by atoms with Crippen LogP contribution in [0.5, 0.6) is 0 Å². The van der Waals surface area contributed by atoms with E-state index < -0.39 is 4.32 Å². The Balaban J connectivity index is 2.90. The number of hydrogen-bond acceptors (Lipinski definition) is 1. The topological polar surface area (TPSA) is 29.1 Å². The summed E-state index contributed by atoms with van der Waals surface area (Å²) in [7, 11) is 0. The number of halogens is 2. The number of aryl methyl sites for hydroxylation is 1. The lowest BCUT2D eigenvalue weighted by Gasteiger charge is -2.17. The normalized spacial score (nSPS) is 11.3. The molecule has 0 unspecified atom stereocenters. The second-order valence-electron chi connectivity index (χ2n) is 3.89. The van der Waals surface area contributed by atoms with Crippen molar-refractivity contribution in [2.75, 3.05) is 5.32 Å². The van der Waals surface area contributed by atoms with E-state index in [1.807, 2.05) is 13.0 Å². The van der Waals surface area contributed by atoms with Gasteiger partial charge in [0.05, 0.1) is 4.32 Å². The van der Waals surface area contributed by atoms with Gasteiger partial charge in [-0.2, -0.15) is 0 Å². The fourth-order valence-electron chi connectivity index (χ4n) is 1.000. The van der Waals surface area contributed by atoms with Crippen molar-refractivity contribution < 1.29 is 4.79 Å². The van der Waals surface area contributed by atoms with Gasteiger partial charge in [-0.1, -0.05) is 33.6 Å². The van der Waals surface area contributed by atoms with Crippen molar-refractivity contribution in [1.29, 1.82) is 0 Å². The Morgan fingerprint density at radius 3 is 2.60 bits per heavy atom. The van der Waals surface area contributed by atoms with Crippen LogP contribution in [-0.2, 0) is 4.79 Å². The molecular formula is C11H13BrClNO. The first-order valence-electron chi connectivity index (χ1n) is 4.57. The Hall–Kier alpha value is -0.540. The first-order valence-corrected chi connectivity index (χ1v) is 5.74. The van der Waals surface area contributed by atoms with Crippen LogP contribution >= 0.6 is 27.5 Å². The van der Waals surface area contributed by atoms with Gasteiger partial charge in [0, 0.05) is 10.7 Å². The van der Waals surface area contributed by atoms with Crippen molar-refractivity contribution in [2.24, 2.45) is 0 Å². The maximum absolute atomic E-state index is 11.7. The van der Waals surface area contributed by atoms with E-state index in [0.29, 0.717) is 5.02 Å². The summed E-state index contributed by atoms with van der Waals surface area (Å²) in [6, 6.07) is 5.42. The lowest BCUT2D eigenvalue weighted by atomic mass is 10.1. The predicted molar refractivity (Wildman–Crippen MR) is 67.8 cm³/mol. The van der Waals surface area contributed by atoms with Crippen LogP contribution < -0.4 is 5.32 Å². The number of rotatable bonds is 2. The van der Waals surface area contributed by atoms with Gasteiger partial charge in [-0.3, -0.25) is 4.79 Å². The largest absolute Gasteiger partial charge is 0.325 e. The molecule has 82 valence electrons. The molecule has 2 nitrogen and oxygen atoms in total. The third-order valence-electron chi connectivity index (χ3n) is 1.99. The van der Waals surface area contributed by atoms with Crippen LogP contribution in [0.25, 0.3) is 0 Å². The van der Waals surface area contributed by atoms with Crippen LogP contribution in [0.1, 0.15) is 19.4 Å². The van der Waals surface area contributed by atoms with Crippen molar-refractivity contribution in [1.82, 2.24) is 0 Å².